The molecule has 6 nitrogen and oxygen atoms in total. The Balaban J connectivity index is 1.39. The Morgan fingerprint density at radius 2 is 1.78 bits per heavy atom. The molecule has 2 atom stereocenters. The van der Waals surface area contributed by atoms with Crippen molar-refractivity contribution >= 4 is 5.91 Å². The van der Waals surface area contributed by atoms with Crippen LogP contribution in [0.5, 0.6) is 11.5 Å². The molecule has 4 rings (SSSR count). The number of benzene rings is 2. The van der Waals surface area contributed by atoms with Crippen molar-refractivity contribution in [2.45, 2.75) is 32.6 Å². The van der Waals surface area contributed by atoms with Gasteiger partial charge in [0.2, 0.25) is 6.10 Å². The normalized spacial score (nSPS) is 18.1. The lowest BCUT2D eigenvalue weighted by atomic mass is 10.1. The molecule has 6 heteroatoms. The fourth-order valence-electron chi connectivity index (χ4n) is 2.93. The molecule has 3 aromatic rings. The van der Waals surface area contributed by atoms with Gasteiger partial charge in [-0.2, -0.15) is 0 Å². The van der Waals surface area contributed by atoms with Crippen molar-refractivity contribution in [2.75, 3.05) is 0 Å². The standard InChI is InChI=1S/C21H20N2O4/c1-13-7-9-15(10-8-13)19-11-16(23-27-19)12-22-21(24)20-14(2)25-17-5-3-4-6-18(17)26-20/h3-11,14,20H,12H2,1-2H3,(H,22,24). The quantitative estimate of drug-likeness (QED) is 0.767. The topological polar surface area (TPSA) is 73.6 Å². The number of nitrogens with one attached hydrogen (secondary N) is 1. The van der Waals surface area contributed by atoms with Crippen LogP contribution < -0.4 is 14.8 Å². The largest absolute Gasteiger partial charge is 0.482 e. The van der Waals surface area contributed by atoms with Crippen LogP contribution in [-0.2, 0) is 11.3 Å². The van der Waals surface area contributed by atoms with E-state index in [0.717, 1.165) is 5.56 Å². The van der Waals surface area contributed by atoms with Crippen molar-refractivity contribution in [2.24, 2.45) is 0 Å². The van der Waals surface area contributed by atoms with Crippen molar-refractivity contribution in [1.29, 1.82) is 0 Å². The van der Waals surface area contributed by atoms with Gasteiger partial charge in [-0.05, 0) is 26.0 Å². The number of nitrogens with zero attached hydrogens (tertiary/aromatic N) is 1. The van der Waals surface area contributed by atoms with Crippen LogP contribution in [-0.4, -0.2) is 23.3 Å². The van der Waals surface area contributed by atoms with Crippen molar-refractivity contribution in [1.82, 2.24) is 10.5 Å². The van der Waals surface area contributed by atoms with Crippen molar-refractivity contribution in [3.63, 3.8) is 0 Å². The predicted molar refractivity (Wildman–Crippen MR) is 99.5 cm³/mol. The first kappa shape index (κ1) is 17.1. The number of aromatic nitrogens is 1. The maximum Gasteiger partial charge on any atom is 0.265 e. The predicted octanol–water partition coefficient (Wildman–Crippen LogP) is 3.49. The Morgan fingerprint density at radius 1 is 1.07 bits per heavy atom. The Labute approximate surface area is 157 Å². The number of ether oxygens (including phenoxy) is 2. The maximum atomic E-state index is 12.5. The second-order valence-corrected chi connectivity index (χ2v) is 6.57. The van der Waals surface area contributed by atoms with E-state index in [9.17, 15) is 4.79 Å². The van der Waals surface area contributed by atoms with E-state index in [1.54, 1.807) is 6.07 Å². The van der Waals surface area contributed by atoms with E-state index in [-0.39, 0.29) is 18.6 Å². The fourth-order valence-corrected chi connectivity index (χ4v) is 2.93. The Bertz CT molecular complexity index is 949. The Morgan fingerprint density at radius 3 is 2.52 bits per heavy atom. The highest BCUT2D eigenvalue weighted by atomic mass is 16.6. The van der Waals surface area contributed by atoms with Gasteiger partial charge in [0.05, 0.1) is 6.54 Å². The zero-order chi connectivity index (χ0) is 18.8. The molecule has 1 amide bonds. The van der Waals surface area contributed by atoms with Crippen LogP contribution in [0.15, 0.2) is 59.1 Å². The molecule has 2 unspecified atom stereocenters. The second kappa shape index (κ2) is 7.15. The van der Waals surface area contributed by atoms with Gasteiger partial charge in [-0.1, -0.05) is 47.1 Å². The van der Waals surface area contributed by atoms with E-state index in [1.807, 2.05) is 62.4 Å². The van der Waals surface area contributed by atoms with E-state index in [4.69, 9.17) is 14.0 Å². The van der Waals surface area contributed by atoms with Gasteiger partial charge in [0.15, 0.2) is 17.3 Å². The summed E-state index contributed by atoms with van der Waals surface area (Å²) in [5.74, 6) is 1.63. The molecule has 0 bridgehead atoms. The summed E-state index contributed by atoms with van der Waals surface area (Å²) in [6.45, 7) is 4.09. The van der Waals surface area contributed by atoms with Gasteiger partial charge in [0.25, 0.3) is 5.91 Å². The number of aryl methyl sites for hydroxylation is 1. The van der Waals surface area contributed by atoms with Crippen LogP contribution in [0.1, 0.15) is 18.2 Å². The zero-order valence-corrected chi connectivity index (χ0v) is 15.1. The first-order valence-corrected chi connectivity index (χ1v) is 8.83. The van der Waals surface area contributed by atoms with Crippen LogP contribution in [0.3, 0.4) is 0 Å². The van der Waals surface area contributed by atoms with Gasteiger partial charge in [-0.3, -0.25) is 4.79 Å². The number of carbonyl (C=O) groups is 1. The van der Waals surface area contributed by atoms with Crippen molar-refractivity contribution in [3.05, 3.63) is 65.9 Å². The first-order valence-electron chi connectivity index (χ1n) is 8.83. The van der Waals surface area contributed by atoms with Crippen molar-refractivity contribution < 1.29 is 18.8 Å². The van der Waals surface area contributed by atoms with Gasteiger partial charge < -0.3 is 19.3 Å². The average Bonchev–Trinajstić information content (AvgIpc) is 3.15. The van der Waals surface area contributed by atoms with E-state index >= 15 is 0 Å². The lowest BCUT2D eigenvalue weighted by Gasteiger charge is -2.30. The number of hydrogen-bond acceptors (Lipinski definition) is 5. The molecule has 1 N–H and O–H groups in total. The first-order chi connectivity index (χ1) is 13.1. The number of amides is 1. The van der Waals surface area contributed by atoms with Crippen LogP contribution in [0.25, 0.3) is 11.3 Å². The minimum absolute atomic E-state index is 0.252. The molecule has 138 valence electrons. The summed E-state index contributed by atoms with van der Waals surface area (Å²) < 4.78 is 16.9. The van der Waals surface area contributed by atoms with Crippen molar-refractivity contribution in [3.8, 4) is 22.8 Å². The van der Waals surface area contributed by atoms with Gasteiger partial charge in [-0.15, -0.1) is 0 Å². The Hall–Kier alpha value is -3.28. The minimum Gasteiger partial charge on any atom is -0.482 e. The molecule has 2 aromatic carbocycles. The smallest absolute Gasteiger partial charge is 0.265 e. The average molecular weight is 364 g/mol. The third-order valence-corrected chi connectivity index (χ3v) is 4.44. The number of fused-ring (bicyclic) bond motifs is 1. The highest BCUT2D eigenvalue weighted by Gasteiger charge is 2.33. The molecule has 0 saturated carbocycles. The molecule has 0 fully saturated rings. The van der Waals surface area contributed by atoms with Gasteiger partial charge in [-0.25, -0.2) is 0 Å². The van der Waals surface area contributed by atoms with Gasteiger partial charge in [0, 0.05) is 11.6 Å². The van der Waals surface area contributed by atoms with Crippen LogP contribution in [0, 0.1) is 6.92 Å². The monoisotopic (exact) mass is 364 g/mol. The Kier molecular flexibility index (Phi) is 4.54. The summed E-state index contributed by atoms with van der Waals surface area (Å²) in [6, 6.07) is 17.1. The molecule has 1 aromatic heterocycles. The fraction of sp³-hybridized carbons (Fsp3) is 0.238. The summed E-state index contributed by atoms with van der Waals surface area (Å²) in [5.41, 5.74) is 2.76. The summed E-state index contributed by atoms with van der Waals surface area (Å²) in [7, 11) is 0. The molecule has 1 aliphatic rings. The molecule has 0 radical (unpaired) electrons. The zero-order valence-electron chi connectivity index (χ0n) is 15.1. The molecular formula is C21H20N2O4. The van der Waals surface area contributed by atoms with E-state index in [2.05, 4.69) is 10.5 Å². The van der Waals surface area contributed by atoms with E-state index in [1.165, 1.54) is 5.56 Å². The van der Waals surface area contributed by atoms with E-state index < -0.39 is 6.10 Å². The summed E-state index contributed by atoms with van der Waals surface area (Å²) in [5, 5.41) is 6.86. The number of hydrogen-bond donors (Lipinski definition) is 1. The van der Waals surface area contributed by atoms with E-state index in [0.29, 0.717) is 23.0 Å². The van der Waals surface area contributed by atoms with Crippen LogP contribution in [0.2, 0.25) is 0 Å². The number of para-hydroxylation sites is 2. The summed E-state index contributed by atoms with van der Waals surface area (Å²) in [4.78, 5) is 12.5. The lowest BCUT2D eigenvalue weighted by Crippen LogP contribution is -2.48. The summed E-state index contributed by atoms with van der Waals surface area (Å²) in [6.07, 6.45) is -1.11. The third-order valence-electron chi connectivity index (χ3n) is 4.44. The highest BCUT2D eigenvalue weighted by Crippen LogP contribution is 2.33. The maximum absolute atomic E-state index is 12.5. The second-order valence-electron chi connectivity index (χ2n) is 6.57. The number of rotatable bonds is 4. The summed E-state index contributed by atoms with van der Waals surface area (Å²) >= 11 is 0. The van der Waals surface area contributed by atoms with Gasteiger partial charge in [0.1, 0.15) is 11.8 Å². The lowest BCUT2D eigenvalue weighted by molar-refractivity contribution is -0.133. The molecule has 1 aliphatic heterocycles. The minimum atomic E-state index is -0.719. The number of carbonyl (C=O) groups excluding carboxylic acids is 1. The SMILES string of the molecule is Cc1ccc(-c2cc(CNC(=O)C3Oc4ccccc4OC3C)no2)cc1. The molecule has 27 heavy (non-hydrogen) atoms. The molecule has 0 saturated heterocycles. The molecule has 0 aliphatic carbocycles. The van der Waals surface area contributed by atoms with Gasteiger partial charge >= 0.3 is 0 Å². The van der Waals surface area contributed by atoms with Crippen LogP contribution in [0.4, 0.5) is 0 Å². The molecular weight excluding hydrogens is 344 g/mol. The molecule has 0 spiro atoms. The van der Waals surface area contributed by atoms with Crippen LogP contribution >= 0.6 is 0 Å². The molecule has 2 heterocycles. The highest BCUT2D eigenvalue weighted by molar-refractivity contribution is 5.82. The third kappa shape index (κ3) is 3.65.